The molecule has 0 aliphatic rings. The molecule has 468 valence electrons. The van der Waals surface area contributed by atoms with E-state index in [-0.39, 0.29) is 31.1 Å². The van der Waals surface area contributed by atoms with E-state index in [4.69, 9.17) is 14.2 Å². The highest BCUT2D eigenvalue weighted by Crippen LogP contribution is 2.16. The van der Waals surface area contributed by atoms with E-state index in [0.717, 1.165) is 135 Å². The molecule has 6 nitrogen and oxygen atoms in total. The molecule has 0 aromatic rings. The molecule has 0 spiro atoms. The quantitative estimate of drug-likeness (QED) is 0.0261. The summed E-state index contributed by atoms with van der Waals surface area (Å²) in [4.78, 5) is 38.5. The SMILES string of the molecule is CC/C=C\C/C=C\C/C=C\C/C=C\CCCCCCCCCCCCCCCCC(=O)OCC(COC(=O)CCCCCCCCC/C=C\C/C=C\CCCCCC)OC(=O)CCCCCCCC/C=C\C/C=C\C/C=C\C/C=C\CC. The molecule has 0 radical (unpaired) electrons. The Morgan fingerprint density at radius 3 is 0.744 bits per heavy atom. The molecular formula is C76H128O6. The molecule has 0 aromatic heterocycles. The van der Waals surface area contributed by atoms with Gasteiger partial charge in [-0.1, -0.05) is 296 Å². The van der Waals surface area contributed by atoms with Crippen molar-refractivity contribution in [1.82, 2.24) is 0 Å². The van der Waals surface area contributed by atoms with E-state index < -0.39 is 6.10 Å². The average molecular weight is 1140 g/mol. The molecule has 82 heavy (non-hydrogen) atoms. The van der Waals surface area contributed by atoms with Crippen LogP contribution >= 0.6 is 0 Å². The number of carbonyl (C=O) groups excluding carboxylic acids is 3. The van der Waals surface area contributed by atoms with Crippen molar-refractivity contribution in [2.45, 2.75) is 329 Å². The molecule has 0 amide bonds. The summed E-state index contributed by atoms with van der Waals surface area (Å²) in [6.07, 6.45) is 96.4. The molecule has 0 aliphatic carbocycles. The highest BCUT2D eigenvalue weighted by Gasteiger charge is 2.19. The second-order valence-electron chi connectivity index (χ2n) is 22.7. The van der Waals surface area contributed by atoms with Crippen LogP contribution in [0.3, 0.4) is 0 Å². The van der Waals surface area contributed by atoms with Crippen LogP contribution in [0.15, 0.2) is 122 Å². The highest BCUT2D eigenvalue weighted by molar-refractivity contribution is 5.71. The normalized spacial score (nSPS) is 12.9. The van der Waals surface area contributed by atoms with Gasteiger partial charge in [0.25, 0.3) is 0 Å². The molecule has 0 heterocycles. The van der Waals surface area contributed by atoms with E-state index in [1.807, 2.05) is 0 Å². The topological polar surface area (TPSA) is 78.9 Å². The fourth-order valence-electron chi connectivity index (χ4n) is 9.57. The first kappa shape index (κ1) is 77.8. The van der Waals surface area contributed by atoms with E-state index in [1.54, 1.807) is 0 Å². The van der Waals surface area contributed by atoms with Crippen molar-refractivity contribution in [2.75, 3.05) is 13.2 Å². The summed E-state index contributed by atoms with van der Waals surface area (Å²) in [5, 5.41) is 0. The summed E-state index contributed by atoms with van der Waals surface area (Å²) >= 11 is 0. The van der Waals surface area contributed by atoms with Crippen molar-refractivity contribution < 1.29 is 28.6 Å². The van der Waals surface area contributed by atoms with Gasteiger partial charge in [-0.2, -0.15) is 0 Å². The average Bonchev–Trinajstić information content (AvgIpc) is 3.47. The molecule has 0 saturated carbocycles. The summed E-state index contributed by atoms with van der Waals surface area (Å²) in [5.41, 5.74) is 0. The number of allylic oxidation sites excluding steroid dienone is 20. The predicted molar refractivity (Wildman–Crippen MR) is 357 cm³/mol. The Hall–Kier alpha value is -4.19. The molecule has 0 fully saturated rings. The maximum Gasteiger partial charge on any atom is 0.306 e. The molecule has 0 N–H and O–H groups in total. The van der Waals surface area contributed by atoms with Crippen LogP contribution in [0.2, 0.25) is 0 Å². The van der Waals surface area contributed by atoms with E-state index in [0.29, 0.717) is 19.3 Å². The number of carbonyl (C=O) groups is 3. The number of rotatable bonds is 62. The number of hydrogen-bond acceptors (Lipinski definition) is 6. The van der Waals surface area contributed by atoms with Crippen LogP contribution in [0.4, 0.5) is 0 Å². The fourth-order valence-corrected chi connectivity index (χ4v) is 9.57. The largest absolute Gasteiger partial charge is 0.462 e. The summed E-state index contributed by atoms with van der Waals surface area (Å²) in [6.45, 7) is 6.41. The van der Waals surface area contributed by atoms with Crippen molar-refractivity contribution in [3.05, 3.63) is 122 Å². The maximum absolute atomic E-state index is 12.9. The van der Waals surface area contributed by atoms with Gasteiger partial charge in [0, 0.05) is 19.3 Å². The minimum Gasteiger partial charge on any atom is -0.462 e. The number of esters is 3. The van der Waals surface area contributed by atoms with Gasteiger partial charge in [-0.25, -0.2) is 0 Å². The molecule has 1 atom stereocenters. The van der Waals surface area contributed by atoms with Crippen molar-refractivity contribution in [1.29, 1.82) is 0 Å². The van der Waals surface area contributed by atoms with E-state index in [9.17, 15) is 14.4 Å². The van der Waals surface area contributed by atoms with Crippen LogP contribution in [0.25, 0.3) is 0 Å². The van der Waals surface area contributed by atoms with Crippen molar-refractivity contribution in [3.8, 4) is 0 Å². The lowest BCUT2D eigenvalue weighted by atomic mass is 10.0. The third-order valence-corrected chi connectivity index (χ3v) is 14.7. The molecule has 0 saturated heterocycles. The van der Waals surface area contributed by atoms with E-state index >= 15 is 0 Å². The summed E-state index contributed by atoms with van der Waals surface area (Å²) in [7, 11) is 0. The standard InChI is InChI=1S/C76H128O6/c1-4-7-10-13-16-19-22-25-28-31-34-35-36-37-38-39-40-41-43-45-48-51-54-57-60-63-66-69-75(78)81-72-73(71-80-74(77)68-65-62-59-56-53-50-47-44-33-30-27-24-21-18-15-12-9-6-3)82-76(79)70-67-64-61-58-55-52-49-46-42-32-29-26-23-20-17-14-11-8-5-2/h7-8,10-11,16-17,19-21,24-26,28-30,33-35,42,46,73H,4-6,9,12-15,18,22-23,27,31-32,36-41,43-45,47-72H2,1-3H3/b10-7-,11-8-,19-16-,20-17-,24-21-,28-25-,29-26-,33-30-,35-34-,46-42-. The Balaban J connectivity index is 4.37. The van der Waals surface area contributed by atoms with Crippen molar-refractivity contribution in [3.63, 3.8) is 0 Å². The smallest absolute Gasteiger partial charge is 0.306 e. The zero-order valence-corrected chi connectivity index (χ0v) is 53.7. The first-order valence-corrected chi connectivity index (χ1v) is 34.5. The molecular weight excluding hydrogens is 1010 g/mol. The van der Waals surface area contributed by atoms with Gasteiger partial charge in [-0.05, 0) is 128 Å². The Morgan fingerprint density at radius 2 is 0.476 bits per heavy atom. The third-order valence-electron chi connectivity index (χ3n) is 14.7. The van der Waals surface area contributed by atoms with Gasteiger partial charge < -0.3 is 14.2 Å². The Morgan fingerprint density at radius 1 is 0.256 bits per heavy atom. The lowest BCUT2D eigenvalue weighted by Crippen LogP contribution is -2.30. The van der Waals surface area contributed by atoms with Gasteiger partial charge >= 0.3 is 17.9 Å². The molecule has 0 bridgehead atoms. The zero-order chi connectivity index (χ0) is 59.2. The molecule has 0 aromatic carbocycles. The minimum atomic E-state index is -0.794. The van der Waals surface area contributed by atoms with Crippen LogP contribution < -0.4 is 0 Å². The van der Waals surface area contributed by atoms with Crippen molar-refractivity contribution >= 4 is 17.9 Å². The molecule has 0 aliphatic heterocycles. The van der Waals surface area contributed by atoms with E-state index in [2.05, 4.69) is 142 Å². The third kappa shape index (κ3) is 66.6. The number of unbranched alkanes of at least 4 members (excludes halogenated alkanes) is 31. The summed E-state index contributed by atoms with van der Waals surface area (Å²) in [5.74, 6) is -0.899. The Bertz CT molecular complexity index is 1690. The van der Waals surface area contributed by atoms with Crippen LogP contribution in [-0.4, -0.2) is 37.2 Å². The zero-order valence-electron chi connectivity index (χ0n) is 53.7. The molecule has 1 unspecified atom stereocenters. The lowest BCUT2D eigenvalue weighted by molar-refractivity contribution is -0.167. The first-order chi connectivity index (χ1) is 40.5. The molecule has 0 rings (SSSR count). The van der Waals surface area contributed by atoms with Crippen LogP contribution in [0.5, 0.6) is 0 Å². The van der Waals surface area contributed by atoms with Gasteiger partial charge in [0.05, 0.1) is 0 Å². The monoisotopic (exact) mass is 1140 g/mol. The predicted octanol–water partition coefficient (Wildman–Crippen LogP) is 23.9. The minimum absolute atomic E-state index is 0.0875. The summed E-state index contributed by atoms with van der Waals surface area (Å²) < 4.78 is 17.0. The van der Waals surface area contributed by atoms with Gasteiger partial charge in [-0.3, -0.25) is 14.4 Å². The number of hydrogen-bond donors (Lipinski definition) is 0. The van der Waals surface area contributed by atoms with Gasteiger partial charge in [-0.15, -0.1) is 0 Å². The summed E-state index contributed by atoms with van der Waals surface area (Å²) in [6, 6.07) is 0. The maximum atomic E-state index is 12.9. The van der Waals surface area contributed by atoms with Gasteiger partial charge in [0.1, 0.15) is 13.2 Å². The molecule has 6 heteroatoms. The van der Waals surface area contributed by atoms with Crippen molar-refractivity contribution in [2.24, 2.45) is 0 Å². The van der Waals surface area contributed by atoms with E-state index in [1.165, 1.54) is 148 Å². The Kier molecular flexibility index (Phi) is 65.8. The highest BCUT2D eigenvalue weighted by atomic mass is 16.6. The second kappa shape index (κ2) is 69.3. The second-order valence-corrected chi connectivity index (χ2v) is 22.7. The number of ether oxygens (including phenoxy) is 3. The fraction of sp³-hybridized carbons (Fsp3) is 0.697. The Labute approximate surface area is 507 Å². The van der Waals surface area contributed by atoms with Crippen LogP contribution in [0, 0.1) is 0 Å². The van der Waals surface area contributed by atoms with Crippen LogP contribution in [0.1, 0.15) is 323 Å². The van der Waals surface area contributed by atoms with Gasteiger partial charge in [0.2, 0.25) is 0 Å². The van der Waals surface area contributed by atoms with Crippen LogP contribution in [-0.2, 0) is 28.6 Å². The van der Waals surface area contributed by atoms with Gasteiger partial charge in [0.15, 0.2) is 6.10 Å². The lowest BCUT2D eigenvalue weighted by Gasteiger charge is -2.18. The first-order valence-electron chi connectivity index (χ1n) is 34.5.